The van der Waals surface area contributed by atoms with Gasteiger partial charge in [-0.3, -0.25) is 9.78 Å². The Morgan fingerprint density at radius 3 is 2.74 bits per heavy atom. The molecule has 0 radical (unpaired) electrons. The molecule has 2 aromatic heterocycles. The van der Waals surface area contributed by atoms with Gasteiger partial charge in [-0.05, 0) is 49.1 Å². The topological polar surface area (TPSA) is 71.0 Å². The van der Waals surface area contributed by atoms with E-state index in [2.05, 4.69) is 10.3 Å². The van der Waals surface area contributed by atoms with Crippen molar-refractivity contribution in [1.29, 1.82) is 0 Å². The number of rotatable bonds is 6. The summed E-state index contributed by atoms with van der Waals surface area (Å²) in [4.78, 5) is 28.3. The minimum atomic E-state index is -0.324. The summed E-state index contributed by atoms with van der Waals surface area (Å²) in [6, 6.07) is 11.7. The smallest absolute Gasteiger partial charge is 0.223 e. The first kappa shape index (κ1) is 20.9. The summed E-state index contributed by atoms with van der Waals surface area (Å²) in [5.74, 6) is 1.27. The number of amides is 1. The maximum Gasteiger partial charge on any atom is 0.223 e. The number of hydrogen-bond donors (Lipinski definition) is 1. The average Bonchev–Trinajstić information content (AvgIpc) is 3.24. The van der Waals surface area contributed by atoms with E-state index in [1.165, 1.54) is 12.1 Å². The van der Waals surface area contributed by atoms with E-state index in [1.54, 1.807) is 24.5 Å². The second-order valence-electron chi connectivity index (χ2n) is 8.21. The van der Waals surface area contributed by atoms with Gasteiger partial charge in [-0.2, -0.15) is 0 Å². The van der Waals surface area contributed by atoms with Crippen molar-refractivity contribution >= 4 is 17.4 Å². The Labute approximate surface area is 181 Å². The van der Waals surface area contributed by atoms with Gasteiger partial charge in [-0.15, -0.1) is 0 Å². The Balaban J connectivity index is 1.71. The van der Waals surface area contributed by atoms with Gasteiger partial charge in [-0.1, -0.05) is 19.9 Å². The molecule has 1 fully saturated rings. The van der Waals surface area contributed by atoms with Crippen LogP contribution in [0, 0.1) is 11.7 Å². The summed E-state index contributed by atoms with van der Waals surface area (Å²) >= 11 is 0. The van der Waals surface area contributed by atoms with E-state index in [0.717, 1.165) is 24.1 Å². The van der Waals surface area contributed by atoms with Gasteiger partial charge in [0.05, 0.1) is 11.7 Å². The molecule has 160 valence electrons. The van der Waals surface area contributed by atoms with Gasteiger partial charge in [0.2, 0.25) is 5.91 Å². The number of hydrogen-bond acceptors (Lipinski definition) is 5. The van der Waals surface area contributed by atoms with Crippen molar-refractivity contribution in [2.24, 2.45) is 5.92 Å². The molecule has 1 aliphatic heterocycles. The monoisotopic (exact) mass is 419 g/mol. The summed E-state index contributed by atoms with van der Waals surface area (Å²) in [7, 11) is 0. The first-order valence-electron chi connectivity index (χ1n) is 10.6. The van der Waals surface area contributed by atoms with Gasteiger partial charge in [0.15, 0.2) is 5.82 Å². The highest BCUT2D eigenvalue weighted by Gasteiger charge is 2.32. The number of likely N-dealkylation sites (tertiary alicyclic amines) is 1. The summed E-state index contributed by atoms with van der Waals surface area (Å²) in [6.45, 7) is 4.81. The molecule has 1 unspecified atom stereocenters. The lowest BCUT2D eigenvalue weighted by molar-refractivity contribution is -0.133. The van der Waals surface area contributed by atoms with E-state index in [1.807, 2.05) is 36.9 Å². The number of nitrogens with one attached hydrogen (secondary N) is 1. The molecule has 1 amide bonds. The van der Waals surface area contributed by atoms with Crippen molar-refractivity contribution < 1.29 is 9.18 Å². The molecule has 1 N–H and O–H groups in total. The molecule has 1 aromatic carbocycles. The van der Waals surface area contributed by atoms with Crippen LogP contribution in [-0.4, -0.2) is 32.3 Å². The molecule has 0 aliphatic carbocycles. The van der Waals surface area contributed by atoms with Gasteiger partial charge >= 0.3 is 0 Å². The number of halogens is 1. The van der Waals surface area contributed by atoms with E-state index in [4.69, 9.17) is 9.97 Å². The van der Waals surface area contributed by atoms with Crippen LogP contribution < -0.4 is 5.32 Å². The van der Waals surface area contributed by atoms with Crippen molar-refractivity contribution in [3.8, 4) is 11.3 Å². The molecule has 3 aromatic rings. The van der Waals surface area contributed by atoms with Gasteiger partial charge in [0.25, 0.3) is 0 Å². The molecule has 6 nitrogen and oxygen atoms in total. The van der Waals surface area contributed by atoms with Crippen LogP contribution >= 0.6 is 0 Å². The van der Waals surface area contributed by atoms with Crippen LogP contribution in [0.3, 0.4) is 0 Å². The molecule has 0 saturated carbocycles. The highest BCUT2D eigenvalue weighted by atomic mass is 19.1. The molecule has 0 spiro atoms. The lowest BCUT2D eigenvalue weighted by Crippen LogP contribution is -2.32. The maximum atomic E-state index is 13.7. The second kappa shape index (κ2) is 9.20. The Morgan fingerprint density at radius 2 is 2.00 bits per heavy atom. The standard InChI is InChI=1S/C24H26FN5O/c1-16(2)13-23(31)30-12-4-7-21(30)24-28-20(17-8-10-26-11-9-17)15-22(29-24)27-19-6-3-5-18(25)14-19/h3,5-6,8-11,14-16,21H,4,7,12-13H2,1-2H3,(H,27,28,29). The van der Waals surface area contributed by atoms with E-state index in [-0.39, 0.29) is 17.8 Å². The van der Waals surface area contributed by atoms with Gasteiger partial charge < -0.3 is 10.2 Å². The number of benzene rings is 1. The summed E-state index contributed by atoms with van der Waals surface area (Å²) < 4.78 is 13.7. The van der Waals surface area contributed by atoms with Gasteiger partial charge in [0, 0.05) is 42.7 Å². The molecular weight excluding hydrogens is 393 g/mol. The molecular formula is C24H26FN5O. The van der Waals surface area contributed by atoms with Crippen LogP contribution in [0.25, 0.3) is 11.3 Å². The summed E-state index contributed by atoms with van der Waals surface area (Å²) in [6.07, 6.45) is 5.68. The van der Waals surface area contributed by atoms with Crippen molar-refractivity contribution in [2.45, 2.75) is 39.2 Å². The zero-order valence-corrected chi connectivity index (χ0v) is 17.8. The fourth-order valence-corrected chi connectivity index (χ4v) is 3.86. The first-order valence-corrected chi connectivity index (χ1v) is 10.6. The number of aromatic nitrogens is 3. The molecule has 4 rings (SSSR count). The number of anilines is 2. The van der Waals surface area contributed by atoms with Crippen LogP contribution in [0.1, 0.15) is 45.0 Å². The normalized spacial score (nSPS) is 16.0. The van der Waals surface area contributed by atoms with Crippen LogP contribution in [0.2, 0.25) is 0 Å². The Bertz CT molecular complexity index is 1060. The van der Waals surface area contributed by atoms with E-state index in [9.17, 15) is 9.18 Å². The number of carbonyl (C=O) groups is 1. The van der Waals surface area contributed by atoms with Crippen molar-refractivity contribution in [3.63, 3.8) is 0 Å². The third-order valence-electron chi connectivity index (χ3n) is 5.27. The predicted octanol–water partition coefficient (Wildman–Crippen LogP) is 5.13. The van der Waals surface area contributed by atoms with Gasteiger partial charge in [0.1, 0.15) is 11.6 Å². The fraction of sp³-hybridized carbons (Fsp3) is 0.333. The predicted molar refractivity (Wildman–Crippen MR) is 118 cm³/mol. The maximum absolute atomic E-state index is 13.7. The Hall–Kier alpha value is -3.35. The van der Waals surface area contributed by atoms with Crippen molar-refractivity contribution in [2.75, 3.05) is 11.9 Å². The Kier molecular flexibility index (Phi) is 6.21. The Morgan fingerprint density at radius 1 is 1.19 bits per heavy atom. The minimum absolute atomic E-state index is 0.134. The molecule has 7 heteroatoms. The summed E-state index contributed by atoms with van der Waals surface area (Å²) in [5, 5.41) is 3.18. The zero-order valence-electron chi connectivity index (χ0n) is 17.8. The van der Waals surface area contributed by atoms with Gasteiger partial charge in [-0.25, -0.2) is 14.4 Å². The van der Waals surface area contributed by atoms with Crippen molar-refractivity contribution in [3.05, 3.63) is 66.5 Å². The molecule has 1 atom stereocenters. The molecule has 31 heavy (non-hydrogen) atoms. The number of pyridine rings is 1. The lowest BCUT2D eigenvalue weighted by Gasteiger charge is -2.25. The molecule has 0 bridgehead atoms. The van der Waals surface area contributed by atoms with E-state index < -0.39 is 0 Å². The summed E-state index contributed by atoms with van der Waals surface area (Å²) in [5.41, 5.74) is 2.23. The van der Waals surface area contributed by atoms with Crippen LogP contribution in [0.15, 0.2) is 54.9 Å². The third-order valence-corrected chi connectivity index (χ3v) is 5.27. The van der Waals surface area contributed by atoms with E-state index >= 15 is 0 Å². The molecule has 1 saturated heterocycles. The fourth-order valence-electron chi connectivity index (χ4n) is 3.86. The molecule has 3 heterocycles. The third kappa shape index (κ3) is 5.05. The SMILES string of the molecule is CC(C)CC(=O)N1CCCC1c1nc(Nc2cccc(F)c2)cc(-c2ccncc2)n1. The zero-order chi connectivity index (χ0) is 21.8. The van der Waals surface area contributed by atoms with Crippen LogP contribution in [0.4, 0.5) is 15.9 Å². The van der Waals surface area contributed by atoms with Crippen LogP contribution in [-0.2, 0) is 4.79 Å². The largest absolute Gasteiger partial charge is 0.340 e. The quantitative estimate of drug-likeness (QED) is 0.600. The van der Waals surface area contributed by atoms with E-state index in [0.29, 0.717) is 36.2 Å². The highest BCUT2D eigenvalue weighted by molar-refractivity contribution is 5.77. The number of nitrogens with zero attached hydrogens (tertiary/aromatic N) is 4. The van der Waals surface area contributed by atoms with Crippen molar-refractivity contribution in [1.82, 2.24) is 19.9 Å². The minimum Gasteiger partial charge on any atom is -0.340 e. The number of carbonyl (C=O) groups excluding carboxylic acids is 1. The average molecular weight is 420 g/mol. The second-order valence-corrected chi connectivity index (χ2v) is 8.21. The van der Waals surface area contributed by atoms with Crippen LogP contribution in [0.5, 0.6) is 0 Å². The first-order chi connectivity index (χ1) is 15.0. The lowest BCUT2D eigenvalue weighted by atomic mass is 10.1. The molecule has 1 aliphatic rings. The highest BCUT2D eigenvalue weighted by Crippen LogP contribution is 2.33.